The normalized spacial score (nSPS) is 13.4. The van der Waals surface area contributed by atoms with Gasteiger partial charge in [0.25, 0.3) is 0 Å². The quantitative estimate of drug-likeness (QED) is 0.723. The van der Waals surface area contributed by atoms with E-state index in [1.54, 1.807) is 30.3 Å². The van der Waals surface area contributed by atoms with E-state index in [1.165, 1.54) is 14.2 Å². The molecule has 0 amide bonds. The molecule has 0 fully saturated rings. The molecule has 88 valence electrons. The number of carboxylic acid groups (broad SMARTS) is 1. The summed E-state index contributed by atoms with van der Waals surface area (Å²) >= 11 is 0. The maximum atomic E-state index is 11.2. The van der Waals surface area contributed by atoms with E-state index in [0.29, 0.717) is 5.56 Å². The summed E-state index contributed by atoms with van der Waals surface area (Å²) in [5.74, 6) is -3.85. The minimum absolute atomic E-state index is 0.529. The lowest BCUT2D eigenvalue weighted by atomic mass is 9.95. The molecule has 5 heteroatoms. The van der Waals surface area contributed by atoms with Gasteiger partial charge in [0, 0.05) is 14.2 Å². The van der Waals surface area contributed by atoms with Crippen LogP contribution >= 0.6 is 0 Å². The molecule has 1 unspecified atom stereocenters. The van der Waals surface area contributed by atoms with E-state index >= 15 is 0 Å². The number of carboxylic acids is 1. The molecular weight excluding hydrogens is 210 g/mol. The van der Waals surface area contributed by atoms with Crippen LogP contribution in [-0.2, 0) is 14.3 Å². The first-order chi connectivity index (χ1) is 7.55. The smallest absolute Gasteiger partial charge is 0.318 e. The van der Waals surface area contributed by atoms with Crippen molar-refractivity contribution in [3.8, 4) is 0 Å². The van der Waals surface area contributed by atoms with Crippen molar-refractivity contribution in [2.75, 3.05) is 14.2 Å². The highest BCUT2D eigenvalue weighted by molar-refractivity contribution is 5.77. The van der Waals surface area contributed by atoms with Gasteiger partial charge in [0.15, 0.2) is 5.92 Å². The van der Waals surface area contributed by atoms with Crippen LogP contribution in [0.2, 0.25) is 0 Å². The highest BCUT2D eigenvalue weighted by atomic mass is 16.7. The number of ether oxygens (including phenoxy) is 2. The number of benzene rings is 1. The van der Waals surface area contributed by atoms with Crippen LogP contribution in [0, 0.1) is 0 Å². The second-order valence-corrected chi connectivity index (χ2v) is 3.31. The van der Waals surface area contributed by atoms with Gasteiger partial charge in [-0.15, -0.1) is 0 Å². The van der Waals surface area contributed by atoms with Crippen LogP contribution in [0.15, 0.2) is 30.3 Å². The van der Waals surface area contributed by atoms with Crippen LogP contribution in [-0.4, -0.2) is 31.2 Å². The third-order valence-corrected chi connectivity index (χ3v) is 2.42. The number of rotatable bonds is 5. The molecule has 0 aliphatic rings. The summed E-state index contributed by atoms with van der Waals surface area (Å²) in [4.78, 5) is 11.2. The van der Waals surface area contributed by atoms with Crippen LogP contribution in [0.4, 0.5) is 0 Å². The summed E-state index contributed by atoms with van der Waals surface area (Å²) in [6, 6.07) is 8.59. The van der Waals surface area contributed by atoms with Gasteiger partial charge < -0.3 is 14.6 Å². The fourth-order valence-corrected chi connectivity index (χ4v) is 1.51. The molecule has 0 spiro atoms. The van der Waals surface area contributed by atoms with E-state index in [9.17, 15) is 9.90 Å². The number of methoxy groups -OCH3 is 2. The largest absolute Gasteiger partial charge is 0.481 e. The molecule has 1 rings (SSSR count). The summed E-state index contributed by atoms with van der Waals surface area (Å²) in [6.45, 7) is 0. The first-order valence-electron chi connectivity index (χ1n) is 4.72. The number of hydrogen-bond donors (Lipinski definition) is 2. The molecule has 3 N–H and O–H groups in total. The predicted molar refractivity (Wildman–Crippen MR) is 57.8 cm³/mol. The molecule has 0 aromatic heterocycles. The van der Waals surface area contributed by atoms with Gasteiger partial charge in [-0.1, -0.05) is 30.3 Å². The molecule has 0 saturated heterocycles. The Hall–Kier alpha value is -1.43. The van der Waals surface area contributed by atoms with E-state index in [0.717, 1.165) is 0 Å². The van der Waals surface area contributed by atoms with Gasteiger partial charge in [-0.2, -0.15) is 0 Å². The second-order valence-electron chi connectivity index (χ2n) is 3.31. The number of carbonyl (C=O) groups is 1. The topological polar surface area (TPSA) is 81.8 Å². The van der Waals surface area contributed by atoms with E-state index in [4.69, 9.17) is 15.2 Å². The first-order valence-corrected chi connectivity index (χ1v) is 4.72. The van der Waals surface area contributed by atoms with Crippen molar-refractivity contribution < 1.29 is 19.4 Å². The van der Waals surface area contributed by atoms with E-state index in [-0.39, 0.29) is 0 Å². The molecule has 0 radical (unpaired) electrons. The van der Waals surface area contributed by atoms with E-state index in [2.05, 4.69) is 0 Å². The Morgan fingerprint density at radius 2 is 1.81 bits per heavy atom. The van der Waals surface area contributed by atoms with Gasteiger partial charge in [0.05, 0.1) is 0 Å². The summed E-state index contributed by atoms with van der Waals surface area (Å²) in [5.41, 5.74) is 6.28. The van der Waals surface area contributed by atoms with Crippen LogP contribution in [0.25, 0.3) is 0 Å². The average molecular weight is 225 g/mol. The monoisotopic (exact) mass is 225 g/mol. The van der Waals surface area contributed by atoms with Crippen molar-refractivity contribution in [1.82, 2.24) is 0 Å². The highest BCUT2D eigenvalue weighted by Crippen LogP contribution is 2.28. The molecule has 0 aliphatic heterocycles. The van der Waals surface area contributed by atoms with Crippen LogP contribution < -0.4 is 5.73 Å². The molecule has 1 aromatic carbocycles. The second kappa shape index (κ2) is 5.07. The molecule has 5 nitrogen and oxygen atoms in total. The van der Waals surface area contributed by atoms with Crippen LogP contribution in [0.3, 0.4) is 0 Å². The van der Waals surface area contributed by atoms with E-state index < -0.39 is 17.8 Å². The van der Waals surface area contributed by atoms with Gasteiger partial charge >= 0.3 is 5.97 Å². The Bertz CT molecular complexity index is 348. The molecule has 0 bridgehead atoms. The van der Waals surface area contributed by atoms with Crippen LogP contribution in [0.1, 0.15) is 11.5 Å². The van der Waals surface area contributed by atoms with Gasteiger partial charge in [-0.25, -0.2) is 0 Å². The zero-order valence-electron chi connectivity index (χ0n) is 9.21. The van der Waals surface area contributed by atoms with Gasteiger partial charge in [0.1, 0.15) is 0 Å². The summed E-state index contributed by atoms with van der Waals surface area (Å²) < 4.78 is 9.88. The molecular formula is C11H15NO4. The summed E-state index contributed by atoms with van der Waals surface area (Å²) in [7, 11) is 2.62. The summed E-state index contributed by atoms with van der Waals surface area (Å²) in [5, 5.41) is 9.18. The average Bonchev–Trinajstić information content (AvgIpc) is 2.30. The van der Waals surface area contributed by atoms with Gasteiger partial charge in [-0.3, -0.25) is 10.5 Å². The fraction of sp³-hybridized carbons (Fsp3) is 0.364. The predicted octanol–water partition coefficient (Wildman–Crippen LogP) is 0.760. The molecule has 16 heavy (non-hydrogen) atoms. The SMILES string of the molecule is COC(N)(OC)C(C(=O)O)c1ccccc1. The maximum absolute atomic E-state index is 11.2. The zero-order valence-corrected chi connectivity index (χ0v) is 9.21. The van der Waals surface area contributed by atoms with Gasteiger partial charge in [0.2, 0.25) is 5.91 Å². The summed E-state index contributed by atoms with van der Waals surface area (Å²) in [6.07, 6.45) is 0. The Morgan fingerprint density at radius 1 is 1.31 bits per heavy atom. The van der Waals surface area contributed by atoms with Crippen molar-refractivity contribution in [2.24, 2.45) is 5.73 Å². The molecule has 1 aromatic rings. The Morgan fingerprint density at radius 3 is 2.19 bits per heavy atom. The van der Waals surface area contributed by atoms with Crippen molar-refractivity contribution >= 4 is 5.97 Å². The van der Waals surface area contributed by atoms with Crippen molar-refractivity contribution in [3.05, 3.63) is 35.9 Å². The molecule has 0 saturated carbocycles. The zero-order chi connectivity index (χ0) is 12.2. The lowest BCUT2D eigenvalue weighted by Crippen LogP contribution is -2.52. The maximum Gasteiger partial charge on any atom is 0.318 e. The third kappa shape index (κ3) is 2.38. The molecule has 0 aliphatic carbocycles. The lowest BCUT2D eigenvalue weighted by molar-refractivity contribution is -0.222. The van der Waals surface area contributed by atoms with Crippen LogP contribution in [0.5, 0.6) is 0 Å². The molecule has 0 heterocycles. The van der Waals surface area contributed by atoms with E-state index in [1.807, 2.05) is 0 Å². The van der Waals surface area contributed by atoms with Crippen molar-refractivity contribution in [3.63, 3.8) is 0 Å². The minimum Gasteiger partial charge on any atom is -0.481 e. The first kappa shape index (κ1) is 12.6. The Kier molecular flexibility index (Phi) is 4.00. The highest BCUT2D eigenvalue weighted by Gasteiger charge is 2.42. The number of hydrogen-bond acceptors (Lipinski definition) is 4. The lowest BCUT2D eigenvalue weighted by Gasteiger charge is -2.31. The number of nitrogens with two attached hydrogens (primary N) is 1. The Balaban J connectivity index is 3.15. The van der Waals surface area contributed by atoms with Crippen molar-refractivity contribution in [1.29, 1.82) is 0 Å². The fourth-order valence-electron chi connectivity index (χ4n) is 1.51. The Labute approximate surface area is 93.8 Å². The van der Waals surface area contributed by atoms with Crippen molar-refractivity contribution in [2.45, 2.75) is 11.8 Å². The minimum atomic E-state index is -1.67. The molecule has 1 atom stereocenters. The third-order valence-electron chi connectivity index (χ3n) is 2.42. The number of aliphatic carboxylic acids is 1. The van der Waals surface area contributed by atoms with Gasteiger partial charge in [-0.05, 0) is 5.56 Å². The standard InChI is InChI=1S/C11H15NO4/c1-15-11(12,16-2)9(10(13)14)8-6-4-3-5-7-8/h3-7,9H,12H2,1-2H3,(H,13,14).